The summed E-state index contributed by atoms with van der Waals surface area (Å²) in [5.74, 6) is 1.11. The molecule has 4 N–H and O–H groups in total. The van der Waals surface area contributed by atoms with Crippen molar-refractivity contribution in [3.8, 4) is 0 Å². The van der Waals surface area contributed by atoms with Crippen LogP contribution in [0.4, 0.5) is 11.4 Å². The Balaban J connectivity index is 1.84. The molecule has 21 heavy (non-hydrogen) atoms. The van der Waals surface area contributed by atoms with Gasteiger partial charge in [0.25, 0.3) is 0 Å². The van der Waals surface area contributed by atoms with Crippen LogP contribution < -0.4 is 16.4 Å². The van der Waals surface area contributed by atoms with Crippen LogP contribution in [0, 0.1) is 0 Å². The smallest absolute Gasteiger partial charge is 0.246 e. The summed E-state index contributed by atoms with van der Waals surface area (Å²) < 4.78 is 5.33. The van der Waals surface area contributed by atoms with Gasteiger partial charge < -0.3 is 20.9 Å². The highest BCUT2D eigenvalue weighted by Gasteiger charge is 2.24. The summed E-state index contributed by atoms with van der Waals surface area (Å²) in [6.07, 6.45) is 2.09. The van der Waals surface area contributed by atoms with Crippen LogP contribution in [0.5, 0.6) is 0 Å². The number of hydrogen-bond donors (Lipinski definition) is 2. The van der Waals surface area contributed by atoms with Gasteiger partial charge in [0.15, 0.2) is 5.82 Å². The maximum atomic E-state index is 6.06. The quantitative estimate of drug-likeness (QED) is 0.836. The average Bonchev–Trinajstić information content (AvgIpc) is 2.89. The van der Waals surface area contributed by atoms with Crippen LogP contribution >= 0.6 is 0 Å². The summed E-state index contributed by atoms with van der Waals surface area (Å²) in [5, 5.41) is 3.96. The maximum absolute atomic E-state index is 6.06. The molecule has 0 aliphatic carbocycles. The van der Waals surface area contributed by atoms with Crippen molar-refractivity contribution >= 4 is 11.4 Å². The van der Waals surface area contributed by atoms with E-state index in [1.807, 2.05) is 26.0 Å². The monoisotopic (exact) mass is 287 g/mol. The predicted molar refractivity (Wildman–Crippen MR) is 81.7 cm³/mol. The Labute approximate surface area is 124 Å². The van der Waals surface area contributed by atoms with Crippen LogP contribution in [0.3, 0.4) is 0 Å². The maximum Gasteiger partial charge on any atom is 0.246 e. The molecular formula is C15H21N5O. The fourth-order valence-corrected chi connectivity index (χ4v) is 2.64. The molecule has 6 heteroatoms. The van der Waals surface area contributed by atoms with E-state index >= 15 is 0 Å². The molecule has 0 bridgehead atoms. The Morgan fingerprint density at radius 2 is 2.19 bits per heavy atom. The molecular weight excluding hydrogens is 266 g/mol. The van der Waals surface area contributed by atoms with Gasteiger partial charge in [-0.3, -0.25) is 0 Å². The first-order valence-corrected chi connectivity index (χ1v) is 7.19. The standard InChI is InChI=1S/C15H21N5O/c1-15(2,17)14-18-13(21-19-14)9-20-8-4-5-10-11(16)6-3-7-12(10)20/h3,6-7H,4-5,8-9,16-17H2,1-2H3. The van der Waals surface area contributed by atoms with Crippen molar-refractivity contribution in [1.29, 1.82) is 0 Å². The third kappa shape index (κ3) is 2.71. The molecule has 0 atom stereocenters. The van der Waals surface area contributed by atoms with Crippen molar-refractivity contribution in [1.82, 2.24) is 10.1 Å². The van der Waals surface area contributed by atoms with E-state index < -0.39 is 5.54 Å². The van der Waals surface area contributed by atoms with E-state index in [-0.39, 0.29) is 0 Å². The third-order valence-corrected chi connectivity index (χ3v) is 3.75. The summed E-state index contributed by atoms with van der Waals surface area (Å²) in [4.78, 5) is 6.63. The van der Waals surface area contributed by atoms with Gasteiger partial charge in [-0.25, -0.2) is 0 Å². The lowest BCUT2D eigenvalue weighted by Crippen LogP contribution is -2.31. The Kier molecular flexibility index (Phi) is 3.33. The number of hydrogen-bond acceptors (Lipinski definition) is 6. The van der Waals surface area contributed by atoms with Crippen molar-refractivity contribution in [3.63, 3.8) is 0 Å². The summed E-state index contributed by atoms with van der Waals surface area (Å²) in [5.41, 5.74) is 14.7. The van der Waals surface area contributed by atoms with Crippen LogP contribution in [-0.4, -0.2) is 16.7 Å². The van der Waals surface area contributed by atoms with Crippen molar-refractivity contribution in [2.45, 2.75) is 38.8 Å². The highest BCUT2D eigenvalue weighted by Crippen LogP contribution is 2.32. The SMILES string of the molecule is CC(C)(N)c1noc(CN2CCCc3c(N)cccc32)n1. The van der Waals surface area contributed by atoms with Crippen LogP contribution in [-0.2, 0) is 18.5 Å². The highest BCUT2D eigenvalue weighted by atomic mass is 16.5. The van der Waals surface area contributed by atoms with Crippen molar-refractivity contribution < 1.29 is 4.52 Å². The van der Waals surface area contributed by atoms with E-state index in [0.717, 1.165) is 30.8 Å². The minimum absolute atomic E-state index is 0.530. The molecule has 6 nitrogen and oxygen atoms in total. The minimum Gasteiger partial charge on any atom is -0.398 e. The van der Waals surface area contributed by atoms with Gasteiger partial charge >= 0.3 is 0 Å². The number of nitrogens with two attached hydrogens (primary N) is 2. The molecule has 0 spiro atoms. The fraction of sp³-hybridized carbons (Fsp3) is 0.467. The largest absolute Gasteiger partial charge is 0.398 e. The number of aromatic nitrogens is 2. The normalized spacial score (nSPS) is 15.1. The number of fused-ring (bicyclic) bond motifs is 1. The Bertz CT molecular complexity index is 644. The lowest BCUT2D eigenvalue weighted by Gasteiger charge is -2.30. The van der Waals surface area contributed by atoms with Crippen LogP contribution in [0.2, 0.25) is 0 Å². The first-order valence-electron chi connectivity index (χ1n) is 7.19. The lowest BCUT2D eigenvalue weighted by atomic mass is 10.00. The molecule has 1 aromatic carbocycles. The van der Waals surface area contributed by atoms with E-state index in [0.29, 0.717) is 18.3 Å². The Hall–Kier alpha value is -2.08. The number of nitrogen functional groups attached to an aromatic ring is 1. The Morgan fingerprint density at radius 1 is 1.38 bits per heavy atom. The lowest BCUT2D eigenvalue weighted by molar-refractivity contribution is 0.358. The first kappa shape index (κ1) is 13.9. The van der Waals surface area contributed by atoms with Crippen molar-refractivity contribution in [3.05, 3.63) is 35.5 Å². The van der Waals surface area contributed by atoms with Crippen LogP contribution in [0.15, 0.2) is 22.7 Å². The Morgan fingerprint density at radius 3 is 2.90 bits per heavy atom. The van der Waals surface area contributed by atoms with E-state index in [9.17, 15) is 0 Å². The van der Waals surface area contributed by atoms with E-state index in [2.05, 4.69) is 21.1 Å². The number of nitrogens with zero attached hydrogens (tertiary/aromatic N) is 3. The zero-order valence-corrected chi connectivity index (χ0v) is 12.5. The van der Waals surface area contributed by atoms with Gasteiger partial charge in [0.05, 0.1) is 12.1 Å². The molecule has 3 rings (SSSR count). The summed E-state index contributed by atoms with van der Waals surface area (Å²) >= 11 is 0. The van der Waals surface area contributed by atoms with Gasteiger partial charge in [0.2, 0.25) is 5.89 Å². The van der Waals surface area contributed by atoms with Crippen molar-refractivity contribution in [2.75, 3.05) is 17.2 Å². The summed E-state index contributed by atoms with van der Waals surface area (Å²) in [7, 11) is 0. The molecule has 1 aliphatic rings. The van der Waals surface area contributed by atoms with Crippen molar-refractivity contribution in [2.24, 2.45) is 5.73 Å². The van der Waals surface area contributed by atoms with Gasteiger partial charge in [0, 0.05) is 17.9 Å². The minimum atomic E-state index is -0.591. The second kappa shape index (κ2) is 5.04. The highest BCUT2D eigenvalue weighted by molar-refractivity contribution is 5.66. The zero-order valence-electron chi connectivity index (χ0n) is 12.5. The summed E-state index contributed by atoms with van der Waals surface area (Å²) in [6, 6.07) is 6.02. The second-order valence-corrected chi connectivity index (χ2v) is 6.10. The molecule has 112 valence electrons. The summed E-state index contributed by atoms with van der Waals surface area (Å²) in [6.45, 7) is 5.26. The molecule has 2 heterocycles. The number of benzene rings is 1. The van der Waals surface area contributed by atoms with Gasteiger partial charge in [-0.2, -0.15) is 4.98 Å². The van der Waals surface area contributed by atoms with Crippen LogP contribution in [0.1, 0.15) is 37.5 Å². The number of rotatable bonds is 3. The van der Waals surface area contributed by atoms with E-state index in [1.54, 1.807) is 0 Å². The molecule has 2 aromatic rings. The van der Waals surface area contributed by atoms with Gasteiger partial charge in [-0.05, 0) is 44.4 Å². The fourth-order valence-electron chi connectivity index (χ4n) is 2.64. The van der Waals surface area contributed by atoms with E-state index in [1.165, 1.54) is 5.56 Å². The van der Waals surface area contributed by atoms with Gasteiger partial charge in [-0.1, -0.05) is 11.2 Å². The third-order valence-electron chi connectivity index (χ3n) is 3.75. The molecule has 0 radical (unpaired) electrons. The topological polar surface area (TPSA) is 94.2 Å². The molecule has 0 saturated heterocycles. The second-order valence-electron chi connectivity index (χ2n) is 6.10. The molecule has 0 amide bonds. The van der Waals surface area contributed by atoms with Gasteiger partial charge in [-0.15, -0.1) is 0 Å². The van der Waals surface area contributed by atoms with E-state index in [4.69, 9.17) is 16.0 Å². The van der Waals surface area contributed by atoms with Crippen LogP contribution in [0.25, 0.3) is 0 Å². The molecule has 1 aliphatic heterocycles. The van der Waals surface area contributed by atoms with Gasteiger partial charge in [0.1, 0.15) is 0 Å². The number of anilines is 2. The first-order chi connectivity index (χ1) is 9.95. The predicted octanol–water partition coefficient (Wildman–Crippen LogP) is 1.80. The average molecular weight is 287 g/mol. The zero-order chi connectivity index (χ0) is 15.0. The molecule has 0 fully saturated rings. The molecule has 0 unspecified atom stereocenters. The molecule has 0 saturated carbocycles. The molecule has 1 aromatic heterocycles.